The summed E-state index contributed by atoms with van der Waals surface area (Å²) < 4.78 is 15.1. The van der Waals surface area contributed by atoms with Gasteiger partial charge in [0, 0.05) is 18.9 Å². The molecule has 0 saturated carbocycles. The van der Waals surface area contributed by atoms with Crippen LogP contribution >= 0.6 is 15.9 Å². The van der Waals surface area contributed by atoms with Crippen LogP contribution in [0.5, 0.6) is 0 Å². The van der Waals surface area contributed by atoms with Crippen LogP contribution in [0.3, 0.4) is 0 Å². The van der Waals surface area contributed by atoms with E-state index in [-0.39, 0.29) is 16.9 Å². The Morgan fingerprint density at radius 2 is 2.12 bits per heavy atom. The molecule has 1 aromatic carbocycles. The highest BCUT2D eigenvalue weighted by Gasteiger charge is 2.03. The number of nitrogens with two attached hydrogens (primary N) is 1. The summed E-state index contributed by atoms with van der Waals surface area (Å²) in [6.07, 6.45) is 3.17. The molecule has 3 nitrogen and oxygen atoms in total. The van der Waals surface area contributed by atoms with Gasteiger partial charge in [-0.3, -0.25) is 4.79 Å². The van der Waals surface area contributed by atoms with Gasteiger partial charge < -0.3 is 10.3 Å². The van der Waals surface area contributed by atoms with Crippen molar-refractivity contribution >= 4 is 21.6 Å². The number of nitrogens with zero attached hydrogens (tertiary/aromatic N) is 1. The summed E-state index contributed by atoms with van der Waals surface area (Å²) in [5.41, 5.74) is 6.30. The van der Waals surface area contributed by atoms with Crippen LogP contribution < -0.4 is 11.2 Å². The number of hydrogen-bond acceptors (Lipinski definition) is 2. The van der Waals surface area contributed by atoms with Crippen molar-refractivity contribution in [3.63, 3.8) is 0 Å². The minimum Gasteiger partial charge on any atom is -0.394 e. The molecular formula is C12H10BrFN2O. The largest absolute Gasteiger partial charge is 0.394 e. The van der Waals surface area contributed by atoms with Crippen molar-refractivity contribution in [3.8, 4) is 0 Å². The predicted octanol–water partition coefficient (Wildman–Crippen LogP) is 2.38. The summed E-state index contributed by atoms with van der Waals surface area (Å²) in [6.45, 7) is 0.459. The molecule has 0 aliphatic carbocycles. The van der Waals surface area contributed by atoms with Gasteiger partial charge in [-0.05, 0) is 33.6 Å². The molecule has 0 fully saturated rings. The van der Waals surface area contributed by atoms with E-state index in [1.807, 2.05) is 6.07 Å². The van der Waals surface area contributed by atoms with Crippen LogP contribution in [0.25, 0.3) is 0 Å². The van der Waals surface area contributed by atoms with E-state index >= 15 is 0 Å². The SMILES string of the molecule is Nc1cn(Cc2cccc(F)c2)cc(Br)c1=O. The Morgan fingerprint density at radius 3 is 2.76 bits per heavy atom. The number of aromatic nitrogens is 1. The first kappa shape index (κ1) is 11.9. The van der Waals surface area contributed by atoms with E-state index in [4.69, 9.17) is 5.73 Å². The maximum atomic E-state index is 13.0. The Labute approximate surface area is 106 Å². The molecule has 17 heavy (non-hydrogen) atoms. The summed E-state index contributed by atoms with van der Waals surface area (Å²) in [5.74, 6) is -0.282. The fraction of sp³-hybridized carbons (Fsp3) is 0.0833. The summed E-state index contributed by atoms with van der Waals surface area (Å²) in [4.78, 5) is 11.4. The highest BCUT2D eigenvalue weighted by molar-refractivity contribution is 9.10. The van der Waals surface area contributed by atoms with Gasteiger partial charge in [0.05, 0.1) is 10.2 Å². The highest BCUT2D eigenvalue weighted by Crippen LogP contribution is 2.10. The van der Waals surface area contributed by atoms with E-state index in [1.165, 1.54) is 18.3 Å². The van der Waals surface area contributed by atoms with Crippen molar-refractivity contribution in [3.05, 3.63) is 62.7 Å². The zero-order valence-corrected chi connectivity index (χ0v) is 10.4. The molecule has 2 N–H and O–H groups in total. The molecule has 0 atom stereocenters. The van der Waals surface area contributed by atoms with Crippen LogP contribution in [-0.2, 0) is 6.54 Å². The Morgan fingerprint density at radius 1 is 1.35 bits per heavy atom. The zero-order chi connectivity index (χ0) is 12.4. The monoisotopic (exact) mass is 296 g/mol. The lowest BCUT2D eigenvalue weighted by atomic mass is 10.2. The molecule has 5 heteroatoms. The van der Waals surface area contributed by atoms with Gasteiger partial charge in [-0.1, -0.05) is 12.1 Å². The summed E-state index contributed by atoms with van der Waals surface area (Å²) in [6, 6.07) is 6.29. The van der Waals surface area contributed by atoms with Crippen LogP contribution in [0.15, 0.2) is 45.9 Å². The molecule has 88 valence electrons. The summed E-state index contributed by atoms with van der Waals surface area (Å²) in [7, 11) is 0. The smallest absolute Gasteiger partial charge is 0.218 e. The third-order valence-corrected chi connectivity index (χ3v) is 2.88. The first-order valence-electron chi connectivity index (χ1n) is 4.96. The maximum absolute atomic E-state index is 13.0. The van der Waals surface area contributed by atoms with E-state index in [0.717, 1.165) is 5.56 Å². The van der Waals surface area contributed by atoms with Crippen LogP contribution in [0.4, 0.5) is 10.1 Å². The Balaban J connectivity index is 2.34. The van der Waals surface area contributed by atoms with E-state index in [9.17, 15) is 9.18 Å². The topological polar surface area (TPSA) is 48.0 Å². The van der Waals surface area contributed by atoms with Crippen molar-refractivity contribution in [1.29, 1.82) is 0 Å². The summed E-state index contributed by atoms with van der Waals surface area (Å²) in [5, 5.41) is 0. The minimum atomic E-state index is -0.282. The van der Waals surface area contributed by atoms with Gasteiger partial charge in [0.15, 0.2) is 0 Å². The number of anilines is 1. The molecule has 0 radical (unpaired) electrons. The van der Waals surface area contributed by atoms with Gasteiger partial charge in [0.1, 0.15) is 5.82 Å². The lowest BCUT2D eigenvalue weighted by Gasteiger charge is -2.08. The van der Waals surface area contributed by atoms with Crippen LogP contribution in [0, 0.1) is 5.82 Å². The average Bonchev–Trinajstić information content (AvgIpc) is 2.26. The molecule has 0 aliphatic rings. The molecule has 0 amide bonds. The van der Waals surface area contributed by atoms with Crippen LogP contribution in [-0.4, -0.2) is 4.57 Å². The van der Waals surface area contributed by atoms with Crippen LogP contribution in [0.1, 0.15) is 5.56 Å². The number of benzene rings is 1. The number of halogens is 2. The third kappa shape index (κ3) is 2.74. The fourth-order valence-electron chi connectivity index (χ4n) is 1.55. The second-order valence-electron chi connectivity index (χ2n) is 3.69. The standard InChI is InChI=1S/C12H10BrFN2O/c13-10-6-16(7-11(15)12(10)17)5-8-2-1-3-9(14)4-8/h1-4,6-7H,5,15H2. The van der Waals surface area contributed by atoms with E-state index < -0.39 is 0 Å². The maximum Gasteiger partial charge on any atom is 0.218 e. The summed E-state index contributed by atoms with van der Waals surface area (Å²) >= 11 is 3.14. The van der Waals surface area contributed by atoms with Gasteiger partial charge in [-0.2, -0.15) is 0 Å². The second kappa shape index (κ2) is 4.71. The molecule has 0 saturated heterocycles. The van der Waals surface area contributed by atoms with Crippen molar-refractivity contribution in [2.24, 2.45) is 0 Å². The van der Waals surface area contributed by atoms with Gasteiger partial charge in [0.2, 0.25) is 5.43 Å². The Bertz CT molecular complexity index is 583. The first-order chi connectivity index (χ1) is 8.06. The molecular weight excluding hydrogens is 287 g/mol. The van der Waals surface area contributed by atoms with Crippen molar-refractivity contribution in [1.82, 2.24) is 4.57 Å². The van der Waals surface area contributed by atoms with Crippen molar-refractivity contribution in [2.45, 2.75) is 6.54 Å². The van der Waals surface area contributed by atoms with Crippen molar-refractivity contribution in [2.75, 3.05) is 5.73 Å². The number of hydrogen-bond donors (Lipinski definition) is 1. The Kier molecular flexibility index (Phi) is 3.28. The van der Waals surface area contributed by atoms with E-state index in [1.54, 1.807) is 16.8 Å². The molecule has 2 aromatic rings. The minimum absolute atomic E-state index is 0.163. The van der Waals surface area contributed by atoms with Gasteiger partial charge >= 0.3 is 0 Å². The number of pyridine rings is 1. The third-order valence-electron chi connectivity index (χ3n) is 2.32. The Hall–Kier alpha value is -1.62. The van der Waals surface area contributed by atoms with Gasteiger partial charge in [-0.25, -0.2) is 4.39 Å². The van der Waals surface area contributed by atoms with Gasteiger partial charge in [0.25, 0.3) is 0 Å². The zero-order valence-electron chi connectivity index (χ0n) is 8.86. The van der Waals surface area contributed by atoms with E-state index in [0.29, 0.717) is 11.0 Å². The lowest BCUT2D eigenvalue weighted by Crippen LogP contribution is -2.13. The molecule has 2 rings (SSSR count). The average molecular weight is 297 g/mol. The molecule has 1 heterocycles. The first-order valence-corrected chi connectivity index (χ1v) is 5.75. The van der Waals surface area contributed by atoms with E-state index in [2.05, 4.69) is 15.9 Å². The predicted molar refractivity (Wildman–Crippen MR) is 68.3 cm³/mol. The van der Waals surface area contributed by atoms with Crippen LogP contribution in [0.2, 0.25) is 0 Å². The molecule has 0 spiro atoms. The second-order valence-corrected chi connectivity index (χ2v) is 4.55. The van der Waals surface area contributed by atoms with Gasteiger partial charge in [-0.15, -0.1) is 0 Å². The lowest BCUT2D eigenvalue weighted by molar-refractivity contribution is 0.623. The molecule has 0 unspecified atom stereocenters. The van der Waals surface area contributed by atoms with Crippen molar-refractivity contribution < 1.29 is 4.39 Å². The molecule has 1 aromatic heterocycles. The molecule has 0 aliphatic heterocycles. The fourth-order valence-corrected chi connectivity index (χ4v) is 2.05. The quantitative estimate of drug-likeness (QED) is 0.925. The highest BCUT2D eigenvalue weighted by atomic mass is 79.9. The number of rotatable bonds is 2. The number of nitrogen functional groups attached to an aromatic ring is 1. The molecule has 0 bridgehead atoms. The normalized spacial score (nSPS) is 10.5.